The number of halogens is 1. The van der Waals surface area contributed by atoms with E-state index < -0.39 is 0 Å². The number of nitrogens with two attached hydrogens (primary N) is 1. The van der Waals surface area contributed by atoms with Gasteiger partial charge in [-0.1, -0.05) is 25.4 Å². The summed E-state index contributed by atoms with van der Waals surface area (Å²) < 4.78 is 0. The van der Waals surface area contributed by atoms with E-state index in [1.165, 1.54) is 0 Å². The van der Waals surface area contributed by atoms with Crippen molar-refractivity contribution >= 4 is 11.6 Å². The van der Waals surface area contributed by atoms with Crippen LogP contribution in [0.25, 0.3) is 11.4 Å². The maximum absolute atomic E-state index is 6.00. The fourth-order valence-corrected chi connectivity index (χ4v) is 1.59. The fourth-order valence-electron chi connectivity index (χ4n) is 1.47. The Morgan fingerprint density at radius 3 is 2.47 bits per heavy atom. The molecule has 0 aliphatic heterocycles. The Kier molecular flexibility index (Phi) is 3.45. The van der Waals surface area contributed by atoms with Crippen LogP contribution in [0, 0.1) is 5.92 Å². The molecule has 1 aromatic carbocycles. The minimum absolute atomic E-state index is 0.122. The van der Waals surface area contributed by atoms with Crippen LogP contribution in [0.2, 0.25) is 5.02 Å². The second kappa shape index (κ2) is 4.85. The normalized spacial score (nSPS) is 13.0. The third-order valence-electron chi connectivity index (χ3n) is 2.64. The summed E-state index contributed by atoms with van der Waals surface area (Å²) in [6.45, 7) is 4.10. The van der Waals surface area contributed by atoms with E-state index in [0.29, 0.717) is 22.6 Å². The van der Waals surface area contributed by atoms with Gasteiger partial charge >= 0.3 is 0 Å². The number of H-pyrrole nitrogens is 1. The van der Waals surface area contributed by atoms with Gasteiger partial charge in [-0.05, 0) is 30.2 Å². The first-order valence-electron chi connectivity index (χ1n) is 5.51. The average Bonchev–Trinajstić information content (AvgIpc) is 2.78. The molecule has 1 heterocycles. The second-order valence-electron chi connectivity index (χ2n) is 4.32. The Hall–Kier alpha value is -1.39. The first-order chi connectivity index (χ1) is 8.08. The van der Waals surface area contributed by atoms with Crippen LogP contribution in [-0.4, -0.2) is 15.2 Å². The number of aromatic amines is 1. The van der Waals surface area contributed by atoms with Crippen molar-refractivity contribution in [3.63, 3.8) is 0 Å². The molecule has 3 N–H and O–H groups in total. The summed E-state index contributed by atoms with van der Waals surface area (Å²) in [5.74, 6) is 1.68. The molecule has 1 aromatic heterocycles. The molecule has 0 amide bonds. The van der Waals surface area contributed by atoms with Crippen molar-refractivity contribution in [2.24, 2.45) is 11.7 Å². The molecule has 2 aromatic rings. The van der Waals surface area contributed by atoms with Gasteiger partial charge in [-0.2, -0.15) is 5.10 Å². The van der Waals surface area contributed by atoms with Gasteiger partial charge in [-0.3, -0.25) is 5.10 Å². The van der Waals surface area contributed by atoms with E-state index in [2.05, 4.69) is 29.0 Å². The van der Waals surface area contributed by atoms with Crippen molar-refractivity contribution in [1.82, 2.24) is 15.2 Å². The van der Waals surface area contributed by atoms with Crippen molar-refractivity contribution in [3.05, 3.63) is 35.1 Å². The molecule has 17 heavy (non-hydrogen) atoms. The van der Waals surface area contributed by atoms with Crippen molar-refractivity contribution < 1.29 is 0 Å². The average molecular weight is 251 g/mol. The van der Waals surface area contributed by atoms with Gasteiger partial charge in [0.05, 0.1) is 6.04 Å². The Morgan fingerprint density at radius 2 is 1.88 bits per heavy atom. The van der Waals surface area contributed by atoms with Gasteiger partial charge in [-0.25, -0.2) is 4.98 Å². The zero-order valence-electron chi connectivity index (χ0n) is 9.81. The smallest absolute Gasteiger partial charge is 0.181 e. The first-order valence-corrected chi connectivity index (χ1v) is 5.89. The van der Waals surface area contributed by atoms with Crippen molar-refractivity contribution in [1.29, 1.82) is 0 Å². The molecule has 0 fully saturated rings. The predicted molar refractivity (Wildman–Crippen MR) is 68.6 cm³/mol. The molecule has 90 valence electrons. The highest BCUT2D eigenvalue weighted by Gasteiger charge is 2.15. The molecular weight excluding hydrogens is 236 g/mol. The molecule has 0 saturated heterocycles. The van der Waals surface area contributed by atoms with E-state index >= 15 is 0 Å². The highest BCUT2D eigenvalue weighted by atomic mass is 35.5. The number of nitrogens with one attached hydrogen (secondary N) is 1. The van der Waals surface area contributed by atoms with Crippen LogP contribution in [0.5, 0.6) is 0 Å². The molecule has 5 heteroatoms. The van der Waals surface area contributed by atoms with E-state index in [1.54, 1.807) is 0 Å². The second-order valence-corrected chi connectivity index (χ2v) is 4.76. The van der Waals surface area contributed by atoms with E-state index in [0.717, 1.165) is 5.56 Å². The molecule has 0 spiro atoms. The quantitative estimate of drug-likeness (QED) is 0.880. The molecule has 1 atom stereocenters. The minimum atomic E-state index is -0.122. The van der Waals surface area contributed by atoms with Crippen molar-refractivity contribution in [2.75, 3.05) is 0 Å². The zero-order valence-corrected chi connectivity index (χ0v) is 10.6. The van der Waals surface area contributed by atoms with Crippen LogP contribution in [0.1, 0.15) is 25.7 Å². The molecule has 4 nitrogen and oxygen atoms in total. The lowest BCUT2D eigenvalue weighted by atomic mass is 10.1. The van der Waals surface area contributed by atoms with Crippen molar-refractivity contribution in [3.8, 4) is 11.4 Å². The summed E-state index contributed by atoms with van der Waals surface area (Å²) in [6.07, 6.45) is 0. The van der Waals surface area contributed by atoms with E-state index in [9.17, 15) is 0 Å². The lowest BCUT2D eigenvalue weighted by Gasteiger charge is -2.11. The fraction of sp³-hybridized carbons (Fsp3) is 0.333. The Balaban J connectivity index is 2.26. The minimum Gasteiger partial charge on any atom is -0.321 e. The van der Waals surface area contributed by atoms with E-state index in [-0.39, 0.29) is 6.04 Å². The van der Waals surface area contributed by atoms with Crippen LogP contribution in [0.3, 0.4) is 0 Å². The number of nitrogens with zero attached hydrogens (tertiary/aromatic N) is 2. The Morgan fingerprint density at radius 1 is 1.24 bits per heavy atom. The maximum atomic E-state index is 6.00. The Labute approximate surface area is 105 Å². The lowest BCUT2D eigenvalue weighted by Crippen LogP contribution is -2.18. The molecule has 0 radical (unpaired) electrons. The standard InChI is InChI=1S/C12H15ClN4/c1-7(2)10(14)12-15-11(16-17-12)8-3-5-9(13)6-4-8/h3-7,10H,14H2,1-2H3,(H,15,16,17)/t10-/m0/s1. The Bertz CT molecular complexity index is 489. The monoisotopic (exact) mass is 250 g/mol. The summed E-state index contributed by atoms with van der Waals surface area (Å²) in [5.41, 5.74) is 6.92. The van der Waals surface area contributed by atoms with E-state index in [1.807, 2.05) is 24.3 Å². The lowest BCUT2D eigenvalue weighted by molar-refractivity contribution is 0.492. The highest BCUT2D eigenvalue weighted by molar-refractivity contribution is 6.30. The number of benzene rings is 1. The topological polar surface area (TPSA) is 67.6 Å². The van der Waals surface area contributed by atoms with Gasteiger partial charge in [0.1, 0.15) is 5.82 Å². The van der Waals surface area contributed by atoms with Gasteiger partial charge in [0.25, 0.3) is 0 Å². The molecule has 0 aliphatic carbocycles. The third kappa shape index (κ3) is 2.65. The molecule has 2 rings (SSSR count). The maximum Gasteiger partial charge on any atom is 0.181 e. The molecule has 0 unspecified atom stereocenters. The first kappa shape index (κ1) is 12.1. The van der Waals surface area contributed by atoms with Gasteiger partial charge in [0.15, 0.2) is 5.82 Å². The summed E-state index contributed by atoms with van der Waals surface area (Å²) in [6, 6.07) is 7.28. The van der Waals surface area contributed by atoms with E-state index in [4.69, 9.17) is 17.3 Å². The molecule has 0 bridgehead atoms. The van der Waals surface area contributed by atoms with Gasteiger partial charge in [0, 0.05) is 10.6 Å². The van der Waals surface area contributed by atoms with Crippen LogP contribution >= 0.6 is 11.6 Å². The van der Waals surface area contributed by atoms with Gasteiger partial charge in [-0.15, -0.1) is 0 Å². The van der Waals surface area contributed by atoms with Crippen molar-refractivity contribution in [2.45, 2.75) is 19.9 Å². The van der Waals surface area contributed by atoms with Crippen LogP contribution in [-0.2, 0) is 0 Å². The van der Waals surface area contributed by atoms with Crippen LogP contribution < -0.4 is 5.73 Å². The number of hydrogen-bond acceptors (Lipinski definition) is 3. The number of hydrogen-bond donors (Lipinski definition) is 2. The van der Waals surface area contributed by atoms with Gasteiger partial charge in [0.2, 0.25) is 0 Å². The van der Waals surface area contributed by atoms with Crippen LogP contribution in [0.4, 0.5) is 0 Å². The predicted octanol–water partition coefficient (Wildman–Crippen LogP) is 2.78. The largest absolute Gasteiger partial charge is 0.321 e. The third-order valence-corrected chi connectivity index (χ3v) is 2.89. The molecule has 0 saturated carbocycles. The molecular formula is C12H15ClN4. The SMILES string of the molecule is CC(C)[C@H](N)c1nc(-c2ccc(Cl)cc2)n[nH]1. The van der Waals surface area contributed by atoms with Gasteiger partial charge < -0.3 is 5.73 Å². The highest BCUT2D eigenvalue weighted by Crippen LogP contribution is 2.20. The summed E-state index contributed by atoms with van der Waals surface area (Å²) in [5, 5.41) is 7.74. The van der Waals surface area contributed by atoms with Crippen LogP contribution in [0.15, 0.2) is 24.3 Å². The summed E-state index contributed by atoms with van der Waals surface area (Å²) in [7, 11) is 0. The number of rotatable bonds is 3. The summed E-state index contributed by atoms with van der Waals surface area (Å²) in [4.78, 5) is 4.40. The molecule has 0 aliphatic rings. The number of aromatic nitrogens is 3. The summed E-state index contributed by atoms with van der Waals surface area (Å²) >= 11 is 5.83. The zero-order chi connectivity index (χ0) is 12.4.